The first-order valence-electron chi connectivity index (χ1n) is 9.80. The quantitative estimate of drug-likeness (QED) is 0.205. The van der Waals surface area contributed by atoms with E-state index < -0.39 is 5.60 Å². The van der Waals surface area contributed by atoms with Crippen LogP contribution in [-0.2, 0) is 14.6 Å². The Morgan fingerprint density at radius 2 is 1.30 bits per heavy atom. The van der Waals surface area contributed by atoms with Gasteiger partial charge in [0.2, 0.25) is 0 Å². The van der Waals surface area contributed by atoms with E-state index in [2.05, 4.69) is 6.92 Å². The molecule has 0 rings (SSSR count). The number of carbonyl (C=O) groups is 1. The number of unbranched alkanes of at least 4 members (excludes halogenated alkanes) is 9. The third-order valence-electron chi connectivity index (χ3n) is 4.11. The third kappa shape index (κ3) is 14.7. The van der Waals surface area contributed by atoms with Crippen LogP contribution in [0.5, 0.6) is 0 Å². The van der Waals surface area contributed by atoms with Crippen LogP contribution in [0, 0.1) is 5.92 Å². The minimum absolute atomic E-state index is 0.0219. The molecule has 0 aromatic heterocycles. The van der Waals surface area contributed by atoms with Crippen molar-refractivity contribution in [3.05, 3.63) is 0 Å². The van der Waals surface area contributed by atoms with Crippen molar-refractivity contribution in [2.75, 3.05) is 0 Å². The summed E-state index contributed by atoms with van der Waals surface area (Å²) >= 11 is 0. The molecule has 23 heavy (non-hydrogen) atoms. The molecule has 1 atom stereocenters. The highest BCUT2D eigenvalue weighted by atomic mass is 17.2. The summed E-state index contributed by atoms with van der Waals surface area (Å²) in [6.07, 6.45) is 14.9. The molecular formula is C20H40O3. The van der Waals surface area contributed by atoms with Crippen LogP contribution in [0.1, 0.15) is 112 Å². The minimum atomic E-state index is -0.439. The van der Waals surface area contributed by atoms with Gasteiger partial charge in [-0.25, -0.2) is 4.79 Å². The summed E-state index contributed by atoms with van der Waals surface area (Å²) in [5.41, 5.74) is -0.439. The Labute approximate surface area is 144 Å². The van der Waals surface area contributed by atoms with Crippen molar-refractivity contribution in [1.82, 2.24) is 0 Å². The molecule has 0 aliphatic rings. The van der Waals surface area contributed by atoms with E-state index in [1.807, 2.05) is 27.7 Å². The Morgan fingerprint density at radius 1 is 0.826 bits per heavy atom. The molecule has 0 amide bonds. The van der Waals surface area contributed by atoms with Gasteiger partial charge in [-0.05, 0) is 33.6 Å². The molecular weight excluding hydrogens is 288 g/mol. The molecule has 0 fully saturated rings. The molecule has 0 bridgehead atoms. The van der Waals surface area contributed by atoms with Gasteiger partial charge in [-0.15, -0.1) is 0 Å². The third-order valence-corrected chi connectivity index (χ3v) is 4.11. The highest BCUT2D eigenvalue weighted by Crippen LogP contribution is 2.18. The Morgan fingerprint density at radius 3 is 1.74 bits per heavy atom. The van der Waals surface area contributed by atoms with Crippen molar-refractivity contribution in [2.24, 2.45) is 5.92 Å². The van der Waals surface area contributed by atoms with Gasteiger partial charge in [-0.3, -0.25) is 4.89 Å². The maximum absolute atomic E-state index is 12.0. The molecule has 0 aliphatic carbocycles. The number of hydrogen-bond donors (Lipinski definition) is 0. The Kier molecular flexibility index (Phi) is 13.5. The minimum Gasteiger partial charge on any atom is -0.298 e. The standard InChI is InChI=1S/C20H40O3/c1-6-8-9-10-11-12-13-14-15-16-17-18(7-2)19(21)22-23-20(3,4)5/h18H,6-17H2,1-5H3. The van der Waals surface area contributed by atoms with Gasteiger partial charge in [0.05, 0.1) is 5.92 Å². The smallest absolute Gasteiger partial charge is 0.298 e. The SMILES string of the molecule is CCCCCCCCCCCCC(CC)C(=O)OOC(C)(C)C. The lowest BCUT2D eigenvalue weighted by molar-refractivity contribution is -0.323. The molecule has 138 valence electrons. The molecule has 1 unspecified atom stereocenters. The van der Waals surface area contributed by atoms with E-state index in [-0.39, 0.29) is 11.9 Å². The normalized spacial score (nSPS) is 13.1. The summed E-state index contributed by atoms with van der Waals surface area (Å²) in [6.45, 7) is 9.93. The topological polar surface area (TPSA) is 35.5 Å². The van der Waals surface area contributed by atoms with Gasteiger partial charge in [0.15, 0.2) is 0 Å². The summed E-state index contributed by atoms with van der Waals surface area (Å²) in [7, 11) is 0. The number of carbonyl (C=O) groups excluding carboxylic acids is 1. The van der Waals surface area contributed by atoms with Crippen LogP contribution in [0.25, 0.3) is 0 Å². The van der Waals surface area contributed by atoms with E-state index in [9.17, 15) is 4.79 Å². The average molecular weight is 329 g/mol. The highest BCUT2D eigenvalue weighted by molar-refractivity contribution is 5.71. The van der Waals surface area contributed by atoms with Gasteiger partial charge in [0.25, 0.3) is 0 Å². The second-order valence-electron chi connectivity index (χ2n) is 7.67. The lowest BCUT2D eigenvalue weighted by Gasteiger charge is -2.19. The zero-order chi connectivity index (χ0) is 17.6. The van der Waals surface area contributed by atoms with E-state index in [4.69, 9.17) is 9.78 Å². The molecule has 0 aromatic carbocycles. The molecule has 0 radical (unpaired) electrons. The second-order valence-corrected chi connectivity index (χ2v) is 7.67. The summed E-state index contributed by atoms with van der Waals surface area (Å²) < 4.78 is 0. The van der Waals surface area contributed by atoms with Crippen molar-refractivity contribution >= 4 is 5.97 Å². The Balaban J connectivity index is 3.58. The van der Waals surface area contributed by atoms with Crippen LogP contribution < -0.4 is 0 Å². The lowest BCUT2D eigenvalue weighted by Crippen LogP contribution is -2.25. The van der Waals surface area contributed by atoms with Crippen LogP contribution in [0.2, 0.25) is 0 Å². The Bertz CT molecular complexity index is 281. The molecule has 0 N–H and O–H groups in total. The fourth-order valence-electron chi connectivity index (χ4n) is 2.60. The van der Waals surface area contributed by atoms with E-state index in [1.54, 1.807) is 0 Å². The van der Waals surface area contributed by atoms with Crippen LogP contribution >= 0.6 is 0 Å². The number of rotatable bonds is 14. The average Bonchev–Trinajstić information content (AvgIpc) is 2.50. The maximum atomic E-state index is 12.0. The second kappa shape index (κ2) is 13.8. The molecule has 0 heterocycles. The molecule has 0 aliphatic heterocycles. The first-order valence-corrected chi connectivity index (χ1v) is 9.80. The van der Waals surface area contributed by atoms with Crippen LogP contribution in [0.15, 0.2) is 0 Å². The van der Waals surface area contributed by atoms with Gasteiger partial charge >= 0.3 is 5.97 Å². The monoisotopic (exact) mass is 328 g/mol. The zero-order valence-electron chi connectivity index (χ0n) is 16.3. The molecule has 0 aromatic rings. The van der Waals surface area contributed by atoms with E-state index in [0.717, 1.165) is 19.3 Å². The van der Waals surface area contributed by atoms with E-state index in [0.29, 0.717) is 0 Å². The summed E-state index contributed by atoms with van der Waals surface area (Å²) in [6, 6.07) is 0. The fourth-order valence-corrected chi connectivity index (χ4v) is 2.60. The number of hydrogen-bond acceptors (Lipinski definition) is 3. The molecule has 3 heteroatoms. The summed E-state index contributed by atoms with van der Waals surface area (Å²) in [5, 5.41) is 0. The zero-order valence-corrected chi connectivity index (χ0v) is 16.3. The van der Waals surface area contributed by atoms with Crippen molar-refractivity contribution < 1.29 is 14.6 Å². The van der Waals surface area contributed by atoms with Crippen LogP contribution in [-0.4, -0.2) is 11.6 Å². The van der Waals surface area contributed by atoms with Crippen molar-refractivity contribution in [2.45, 2.75) is 117 Å². The van der Waals surface area contributed by atoms with E-state index in [1.165, 1.54) is 57.8 Å². The molecule has 0 saturated heterocycles. The predicted molar refractivity (Wildman–Crippen MR) is 97.2 cm³/mol. The fraction of sp³-hybridized carbons (Fsp3) is 0.950. The first-order chi connectivity index (χ1) is 10.9. The van der Waals surface area contributed by atoms with Crippen molar-refractivity contribution in [3.63, 3.8) is 0 Å². The van der Waals surface area contributed by atoms with Gasteiger partial charge in [-0.2, -0.15) is 4.89 Å². The molecule has 0 spiro atoms. The van der Waals surface area contributed by atoms with E-state index >= 15 is 0 Å². The highest BCUT2D eigenvalue weighted by Gasteiger charge is 2.21. The van der Waals surface area contributed by atoms with Gasteiger partial charge < -0.3 is 0 Å². The van der Waals surface area contributed by atoms with Crippen molar-refractivity contribution in [3.8, 4) is 0 Å². The van der Waals surface area contributed by atoms with Crippen LogP contribution in [0.3, 0.4) is 0 Å². The largest absolute Gasteiger partial charge is 0.345 e. The summed E-state index contributed by atoms with van der Waals surface area (Å²) in [5.74, 6) is -0.232. The molecule has 3 nitrogen and oxygen atoms in total. The van der Waals surface area contributed by atoms with Gasteiger partial charge in [-0.1, -0.05) is 78.1 Å². The first kappa shape index (κ1) is 22.4. The Hall–Kier alpha value is -0.570. The van der Waals surface area contributed by atoms with Crippen molar-refractivity contribution in [1.29, 1.82) is 0 Å². The van der Waals surface area contributed by atoms with Gasteiger partial charge in [0, 0.05) is 0 Å². The van der Waals surface area contributed by atoms with Crippen LogP contribution in [0.4, 0.5) is 0 Å². The maximum Gasteiger partial charge on any atom is 0.345 e. The van der Waals surface area contributed by atoms with Gasteiger partial charge in [0.1, 0.15) is 5.60 Å². The predicted octanol–water partition coefficient (Wildman–Crippen LogP) is 6.60. The summed E-state index contributed by atoms with van der Waals surface area (Å²) in [4.78, 5) is 22.1. The lowest BCUT2D eigenvalue weighted by atomic mass is 9.98. The molecule has 0 saturated carbocycles.